The van der Waals surface area contributed by atoms with Crippen molar-refractivity contribution in [2.24, 2.45) is 7.05 Å². The Labute approximate surface area is 95.5 Å². The van der Waals surface area contributed by atoms with Gasteiger partial charge < -0.3 is 0 Å². The molecule has 0 aliphatic rings. The fraction of sp³-hybridized carbons (Fsp3) is 0.0909. The summed E-state index contributed by atoms with van der Waals surface area (Å²) >= 11 is 1.31. The summed E-state index contributed by atoms with van der Waals surface area (Å²) in [5.41, 5.74) is 2.21. The van der Waals surface area contributed by atoms with E-state index in [1.165, 1.54) is 11.5 Å². The molecule has 0 aliphatic heterocycles. The molecule has 3 rings (SSSR count). The van der Waals surface area contributed by atoms with Gasteiger partial charge in [-0.2, -0.15) is 4.37 Å². The highest BCUT2D eigenvalue weighted by Gasteiger charge is 2.13. The van der Waals surface area contributed by atoms with Crippen molar-refractivity contribution >= 4 is 22.6 Å². The van der Waals surface area contributed by atoms with E-state index in [4.69, 9.17) is 0 Å². The molecule has 3 aromatic rings. The Morgan fingerprint density at radius 3 is 2.69 bits per heavy atom. The molecular weight excluding hydrogens is 222 g/mol. The lowest BCUT2D eigenvalue weighted by Gasteiger charge is -2.06. The number of benzene rings is 1. The van der Waals surface area contributed by atoms with Crippen molar-refractivity contribution in [2.45, 2.75) is 0 Å². The topological polar surface area (TPSA) is 39.8 Å². The van der Waals surface area contributed by atoms with Gasteiger partial charge in [0, 0.05) is 12.4 Å². The van der Waals surface area contributed by atoms with Gasteiger partial charge in [0.15, 0.2) is 5.52 Å². The van der Waals surface area contributed by atoms with Crippen molar-refractivity contribution in [3.63, 3.8) is 0 Å². The fourth-order valence-electron chi connectivity index (χ4n) is 1.81. The van der Waals surface area contributed by atoms with E-state index in [0.717, 1.165) is 11.2 Å². The van der Waals surface area contributed by atoms with E-state index in [1.807, 2.05) is 47.4 Å². The zero-order valence-electron chi connectivity index (χ0n) is 8.62. The molecular formula is C11H9N3OS. The smallest absolute Gasteiger partial charge is 0.278 e. The van der Waals surface area contributed by atoms with Crippen molar-refractivity contribution in [3.05, 3.63) is 46.1 Å². The molecule has 80 valence electrons. The average Bonchev–Trinajstić information content (AvgIpc) is 2.86. The Morgan fingerprint density at radius 1 is 1.25 bits per heavy atom. The van der Waals surface area contributed by atoms with Gasteiger partial charge in [0.25, 0.3) is 5.56 Å². The molecule has 1 aromatic carbocycles. The molecule has 0 saturated heterocycles. The average molecular weight is 231 g/mol. The summed E-state index contributed by atoms with van der Waals surface area (Å²) in [5.74, 6) is 0. The first-order chi connectivity index (χ1) is 7.79. The fourth-order valence-corrected chi connectivity index (χ4v) is 2.51. The number of nitrogens with zero attached hydrogens (tertiary/aromatic N) is 3. The van der Waals surface area contributed by atoms with Crippen LogP contribution in [0.15, 0.2) is 40.5 Å². The first-order valence-electron chi connectivity index (χ1n) is 4.86. The van der Waals surface area contributed by atoms with Crippen molar-refractivity contribution < 1.29 is 0 Å². The van der Waals surface area contributed by atoms with Crippen molar-refractivity contribution in [1.82, 2.24) is 13.7 Å². The molecule has 0 spiro atoms. The zero-order valence-corrected chi connectivity index (χ0v) is 9.44. The van der Waals surface area contributed by atoms with Gasteiger partial charge in [0.2, 0.25) is 0 Å². The van der Waals surface area contributed by atoms with E-state index in [9.17, 15) is 4.79 Å². The minimum Gasteiger partial charge on any atom is -0.278 e. The highest BCUT2D eigenvalue weighted by Crippen LogP contribution is 2.14. The molecule has 0 atom stereocenters. The van der Waals surface area contributed by atoms with Crippen LogP contribution in [0.5, 0.6) is 0 Å². The molecule has 16 heavy (non-hydrogen) atoms. The number of para-hydroxylation sites is 1. The Kier molecular flexibility index (Phi) is 1.94. The van der Waals surface area contributed by atoms with Crippen LogP contribution in [-0.4, -0.2) is 13.7 Å². The first-order valence-corrected chi connectivity index (χ1v) is 5.70. The van der Waals surface area contributed by atoms with E-state index in [-0.39, 0.29) is 5.56 Å². The molecule has 0 bridgehead atoms. The van der Waals surface area contributed by atoms with Crippen molar-refractivity contribution in [3.8, 4) is 5.69 Å². The number of fused-ring (bicyclic) bond motifs is 1. The number of rotatable bonds is 1. The Hall–Kier alpha value is -1.88. The number of aryl methyl sites for hydroxylation is 1. The summed E-state index contributed by atoms with van der Waals surface area (Å²) < 4.78 is 7.57. The second-order valence-electron chi connectivity index (χ2n) is 3.52. The standard InChI is InChI=1S/C11H9N3OS/c1-13-9-7-16-12-10(9)11(15)14(13)8-5-3-2-4-6-8/h2-7H,1H3. The summed E-state index contributed by atoms with van der Waals surface area (Å²) in [7, 11) is 1.87. The summed E-state index contributed by atoms with van der Waals surface area (Å²) in [6, 6.07) is 9.57. The predicted molar refractivity (Wildman–Crippen MR) is 64.2 cm³/mol. The Balaban J connectivity index is 2.41. The minimum atomic E-state index is -0.0649. The number of hydrogen-bond donors (Lipinski definition) is 0. The third-order valence-electron chi connectivity index (χ3n) is 2.60. The summed E-state index contributed by atoms with van der Waals surface area (Å²) in [5, 5.41) is 1.89. The molecule has 2 heterocycles. The normalized spacial score (nSPS) is 11.1. The lowest BCUT2D eigenvalue weighted by molar-refractivity contribution is 0.666. The molecule has 0 aliphatic carbocycles. The van der Waals surface area contributed by atoms with Crippen LogP contribution in [0.2, 0.25) is 0 Å². The summed E-state index contributed by atoms with van der Waals surface area (Å²) in [4.78, 5) is 12.1. The van der Waals surface area contributed by atoms with E-state index in [1.54, 1.807) is 4.68 Å². The SMILES string of the molecule is Cn1c2csnc2c(=O)n1-c1ccccc1. The molecule has 2 aromatic heterocycles. The van der Waals surface area contributed by atoms with Crippen molar-refractivity contribution in [2.75, 3.05) is 0 Å². The molecule has 0 amide bonds. The van der Waals surface area contributed by atoms with Gasteiger partial charge in [-0.15, -0.1) is 0 Å². The van der Waals surface area contributed by atoms with Gasteiger partial charge in [0.05, 0.1) is 5.69 Å². The van der Waals surface area contributed by atoms with Crippen LogP contribution >= 0.6 is 11.5 Å². The van der Waals surface area contributed by atoms with Crippen LogP contribution in [0, 0.1) is 0 Å². The third-order valence-corrected chi connectivity index (χ3v) is 3.21. The summed E-state index contributed by atoms with van der Waals surface area (Å²) in [6.07, 6.45) is 0. The molecule has 0 unspecified atom stereocenters. The van der Waals surface area contributed by atoms with Crippen LogP contribution in [0.4, 0.5) is 0 Å². The van der Waals surface area contributed by atoms with Crippen LogP contribution < -0.4 is 5.56 Å². The lowest BCUT2D eigenvalue weighted by atomic mass is 10.3. The highest BCUT2D eigenvalue weighted by molar-refractivity contribution is 7.04. The quantitative estimate of drug-likeness (QED) is 0.640. The molecule has 0 saturated carbocycles. The first kappa shape index (κ1) is 9.35. The highest BCUT2D eigenvalue weighted by atomic mass is 32.1. The molecule has 4 nitrogen and oxygen atoms in total. The minimum absolute atomic E-state index is 0.0649. The lowest BCUT2D eigenvalue weighted by Crippen LogP contribution is -2.19. The maximum atomic E-state index is 12.1. The van der Waals surface area contributed by atoms with Crippen LogP contribution in [-0.2, 0) is 7.05 Å². The van der Waals surface area contributed by atoms with E-state index in [2.05, 4.69) is 4.37 Å². The van der Waals surface area contributed by atoms with Crippen LogP contribution in [0.3, 0.4) is 0 Å². The Bertz CT molecular complexity index is 693. The van der Waals surface area contributed by atoms with Crippen LogP contribution in [0.1, 0.15) is 0 Å². The van der Waals surface area contributed by atoms with E-state index >= 15 is 0 Å². The third kappa shape index (κ3) is 1.15. The van der Waals surface area contributed by atoms with Gasteiger partial charge >= 0.3 is 0 Å². The maximum Gasteiger partial charge on any atom is 0.299 e. The second kappa shape index (κ2) is 3.31. The summed E-state index contributed by atoms with van der Waals surface area (Å²) in [6.45, 7) is 0. The molecule has 0 N–H and O–H groups in total. The largest absolute Gasteiger partial charge is 0.299 e. The van der Waals surface area contributed by atoms with E-state index < -0.39 is 0 Å². The van der Waals surface area contributed by atoms with Gasteiger partial charge in [0.1, 0.15) is 5.52 Å². The maximum absolute atomic E-state index is 12.1. The number of hydrogen-bond acceptors (Lipinski definition) is 3. The predicted octanol–water partition coefficient (Wildman–Crippen LogP) is 1.79. The Morgan fingerprint density at radius 2 is 2.00 bits per heavy atom. The van der Waals surface area contributed by atoms with Crippen molar-refractivity contribution in [1.29, 1.82) is 0 Å². The number of aromatic nitrogens is 3. The van der Waals surface area contributed by atoms with Gasteiger partial charge in [-0.05, 0) is 23.7 Å². The monoisotopic (exact) mass is 231 g/mol. The van der Waals surface area contributed by atoms with Gasteiger partial charge in [-0.1, -0.05) is 18.2 Å². The van der Waals surface area contributed by atoms with Crippen LogP contribution in [0.25, 0.3) is 16.7 Å². The molecule has 5 heteroatoms. The molecule has 0 fully saturated rings. The zero-order chi connectivity index (χ0) is 11.1. The molecule has 0 radical (unpaired) electrons. The second-order valence-corrected chi connectivity index (χ2v) is 4.15. The van der Waals surface area contributed by atoms with Gasteiger partial charge in [-0.3, -0.25) is 9.48 Å². The van der Waals surface area contributed by atoms with E-state index in [0.29, 0.717) is 5.52 Å². The van der Waals surface area contributed by atoms with Gasteiger partial charge in [-0.25, -0.2) is 4.68 Å².